The highest BCUT2D eigenvalue weighted by Gasteiger charge is 2.26. The summed E-state index contributed by atoms with van der Waals surface area (Å²) >= 11 is 6.20. The zero-order valence-corrected chi connectivity index (χ0v) is 19.8. The third-order valence-electron chi connectivity index (χ3n) is 6.12. The van der Waals surface area contributed by atoms with Crippen LogP contribution in [-0.2, 0) is 10.0 Å². The van der Waals surface area contributed by atoms with Gasteiger partial charge in [0.15, 0.2) is 0 Å². The number of likely N-dealkylation sites (N-methyl/N-ethyl adjacent to an activating group) is 1. The van der Waals surface area contributed by atoms with E-state index in [1.54, 1.807) is 18.2 Å². The first-order valence-corrected chi connectivity index (χ1v) is 12.8. The fourth-order valence-corrected chi connectivity index (χ4v) is 5.85. The van der Waals surface area contributed by atoms with Gasteiger partial charge in [-0.1, -0.05) is 18.0 Å². The van der Waals surface area contributed by atoms with Crippen LogP contribution in [0.4, 0.5) is 11.4 Å². The Morgan fingerprint density at radius 3 is 2.22 bits per heavy atom. The van der Waals surface area contributed by atoms with Gasteiger partial charge in [-0.05, 0) is 62.4 Å². The summed E-state index contributed by atoms with van der Waals surface area (Å²) in [7, 11) is -1.43. The van der Waals surface area contributed by atoms with E-state index in [-0.39, 0.29) is 10.8 Å². The molecule has 0 aliphatic carbocycles. The van der Waals surface area contributed by atoms with Crippen LogP contribution in [0.15, 0.2) is 47.4 Å². The molecule has 7 nitrogen and oxygen atoms in total. The van der Waals surface area contributed by atoms with E-state index < -0.39 is 10.0 Å². The Morgan fingerprint density at radius 1 is 0.906 bits per heavy atom. The molecule has 2 aromatic carbocycles. The Kier molecular flexibility index (Phi) is 7.05. The van der Waals surface area contributed by atoms with Crippen molar-refractivity contribution in [1.82, 2.24) is 9.21 Å². The number of nitrogens with one attached hydrogen (secondary N) is 1. The molecule has 1 N–H and O–H groups in total. The first-order chi connectivity index (χ1) is 15.3. The van der Waals surface area contributed by atoms with Gasteiger partial charge in [0.05, 0.1) is 16.3 Å². The summed E-state index contributed by atoms with van der Waals surface area (Å²) in [4.78, 5) is 17.7. The minimum atomic E-state index is -3.52. The molecule has 172 valence electrons. The smallest absolute Gasteiger partial charge is 0.255 e. The Morgan fingerprint density at radius 2 is 1.56 bits per heavy atom. The van der Waals surface area contributed by atoms with Crippen molar-refractivity contribution in [1.29, 1.82) is 0 Å². The van der Waals surface area contributed by atoms with Crippen molar-refractivity contribution in [2.24, 2.45) is 0 Å². The second-order valence-corrected chi connectivity index (χ2v) is 10.8. The van der Waals surface area contributed by atoms with Gasteiger partial charge in [-0.25, -0.2) is 8.42 Å². The average Bonchev–Trinajstić information content (AvgIpc) is 2.80. The lowest BCUT2D eigenvalue weighted by Gasteiger charge is -2.35. The van der Waals surface area contributed by atoms with Crippen LogP contribution >= 0.6 is 11.6 Å². The minimum absolute atomic E-state index is 0.219. The van der Waals surface area contributed by atoms with E-state index in [2.05, 4.69) is 22.2 Å². The van der Waals surface area contributed by atoms with Gasteiger partial charge in [0.25, 0.3) is 5.91 Å². The Hall–Kier alpha value is -2.13. The van der Waals surface area contributed by atoms with Crippen LogP contribution in [0, 0.1) is 0 Å². The molecule has 2 aliphatic heterocycles. The molecule has 0 aromatic heterocycles. The average molecular weight is 477 g/mol. The lowest BCUT2D eigenvalue weighted by molar-refractivity contribution is 0.102. The molecule has 0 spiro atoms. The number of piperazine rings is 1. The van der Waals surface area contributed by atoms with E-state index in [4.69, 9.17) is 11.6 Å². The number of hydrogen-bond acceptors (Lipinski definition) is 5. The molecule has 2 saturated heterocycles. The molecule has 4 rings (SSSR count). The number of halogens is 1. The molecule has 2 aliphatic rings. The lowest BCUT2D eigenvalue weighted by atomic mass is 10.1. The van der Waals surface area contributed by atoms with Crippen LogP contribution < -0.4 is 10.2 Å². The van der Waals surface area contributed by atoms with Crippen molar-refractivity contribution >= 4 is 38.9 Å². The van der Waals surface area contributed by atoms with E-state index in [0.717, 1.165) is 51.1 Å². The highest BCUT2D eigenvalue weighted by molar-refractivity contribution is 7.89. The molecule has 2 heterocycles. The van der Waals surface area contributed by atoms with Crippen LogP contribution in [0.25, 0.3) is 0 Å². The summed E-state index contributed by atoms with van der Waals surface area (Å²) < 4.78 is 27.2. The van der Waals surface area contributed by atoms with Crippen LogP contribution in [0.3, 0.4) is 0 Å². The quantitative estimate of drug-likeness (QED) is 0.714. The van der Waals surface area contributed by atoms with Gasteiger partial charge < -0.3 is 15.1 Å². The monoisotopic (exact) mass is 476 g/mol. The van der Waals surface area contributed by atoms with Crippen molar-refractivity contribution in [2.75, 3.05) is 56.5 Å². The number of piperidine rings is 1. The fraction of sp³-hybridized carbons (Fsp3) is 0.435. The number of carbonyl (C=O) groups is 1. The van der Waals surface area contributed by atoms with E-state index in [9.17, 15) is 13.2 Å². The molecule has 1 amide bonds. The van der Waals surface area contributed by atoms with Crippen molar-refractivity contribution < 1.29 is 13.2 Å². The number of sulfonamides is 1. The SMILES string of the molecule is CN1CCN(c2ccc(Cl)cc2NC(=O)c2ccc(S(=O)(=O)N3CCCCC3)cc2)CC1. The van der Waals surface area contributed by atoms with Crippen LogP contribution in [-0.4, -0.2) is 69.8 Å². The minimum Gasteiger partial charge on any atom is -0.367 e. The number of amides is 1. The number of rotatable bonds is 5. The second-order valence-electron chi connectivity index (χ2n) is 8.40. The number of nitrogens with zero attached hydrogens (tertiary/aromatic N) is 3. The van der Waals surface area contributed by atoms with Gasteiger partial charge in [-0.2, -0.15) is 4.31 Å². The molecule has 9 heteroatoms. The largest absolute Gasteiger partial charge is 0.367 e. The normalized spacial score (nSPS) is 18.5. The zero-order chi connectivity index (χ0) is 22.7. The molecule has 2 aromatic rings. The number of hydrogen-bond donors (Lipinski definition) is 1. The first-order valence-electron chi connectivity index (χ1n) is 11.0. The van der Waals surface area contributed by atoms with E-state index >= 15 is 0 Å². The third kappa shape index (κ3) is 5.09. The molecular formula is C23H29ClN4O3S. The van der Waals surface area contributed by atoms with E-state index in [1.165, 1.54) is 16.4 Å². The van der Waals surface area contributed by atoms with Gasteiger partial charge in [0.1, 0.15) is 0 Å². The topological polar surface area (TPSA) is 73.0 Å². The predicted octanol–water partition coefficient (Wildman–Crippen LogP) is 3.52. The van der Waals surface area contributed by atoms with Gasteiger partial charge in [-0.3, -0.25) is 4.79 Å². The Bertz CT molecular complexity index is 1060. The summed E-state index contributed by atoms with van der Waals surface area (Å²) in [6, 6.07) is 11.7. The van der Waals surface area contributed by atoms with Gasteiger partial charge in [0.2, 0.25) is 10.0 Å². The first kappa shape index (κ1) is 23.0. The summed E-state index contributed by atoms with van der Waals surface area (Å²) in [5.74, 6) is -0.301. The zero-order valence-electron chi connectivity index (χ0n) is 18.3. The predicted molar refractivity (Wildman–Crippen MR) is 128 cm³/mol. The summed E-state index contributed by atoms with van der Waals surface area (Å²) in [5, 5.41) is 3.50. The molecule has 0 atom stereocenters. The summed E-state index contributed by atoms with van der Waals surface area (Å²) in [5.41, 5.74) is 1.98. The summed E-state index contributed by atoms with van der Waals surface area (Å²) in [6.45, 7) is 4.73. The molecule has 2 fully saturated rings. The van der Waals surface area contributed by atoms with Crippen molar-refractivity contribution in [3.05, 3.63) is 53.1 Å². The second kappa shape index (κ2) is 9.79. The molecule has 0 radical (unpaired) electrons. The van der Waals surface area contributed by atoms with Gasteiger partial charge in [0, 0.05) is 49.9 Å². The van der Waals surface area contributed by atoms with Crippen LogP contribution in [0.1, 0.15) is 29.6 Å². The van der Waals surface area contributed by atoms with Crippen LogP contribution in [0.5, 0.6) is 0 Å². The van der Waals surface area contributed by atoms with Crippen molar-refractivity contribution in [3.63, 3.8) is 0 Å². The molecular weight excluding hydrogens is 448 g/mol. The maximum Gasteiger partial charge on any atom is 0.255 e. The fourth-order valence-electron chi connectivity index (χ4n) is 4.16. The van der Waals surface area contributed by atoms with Crippen molar-refractivity contribution in [2.45, 2.75) is 24.2 Å². The van der Waals surface area contributed by atoms with E-state index in [1.807, 2.05) is 12.1 Å². The molecule has 32 heavy (non-hydrogen) atoms. The number of anilines is 2. The molecule has 0 saturated carbocycles. The van der Waals surface area contributed by atoms with E-state index in [0.29, 0.717) is 29.4 Å². The summed E-state index contributed by atoms with van der Waals surface area (Å²) in [6.07, 6.45) is 2.83. The number of carbonyl (C=O) groups excluding carboxylic acids is 1. The third-order valence-corrected chi connectivity index (χ3v) is 8.27. The molecule has 0 unspecified atom stereocenters. The number of benzene rings is 2. The Labute approximate surface area is 195 Å². The Balaban J connectivity index is 1.50. The van der Waals surface area contributed by atoms with Crippen LogP contribution in [0.2, 0.25) is 5.02 Å². The van der Waals surface area contributed by atoms with Gasteiger partial charge in [-0.15, -0.1) is 0 Å². The highest BCUT2D eigenvalue weighted by Crippen LogP contribution is 2.30. The lowest BCUT2D eigenvalue weighted by Crippen LogP contribution is -2.44. The maximum atomic E-state index is 12.9. The van der Waals surface area contributed by atoms with Gasteiger partial charge >= 0.3 is 0 Å². The standard InChI is InChI=1S/C23H29ClN4O3S/c1-26-13-15-27(16-14-26)22-10-7-19(24)17-21(22)25-23(29)18-5-8-20(9-6-18)32(30,31)28-11-3-2-4-12-28/h5-10,17H,2-4,11-16H2,1H3,(H,25,29). The highest BCUT2D eigenvalue weighted by atomic mass is 35.5. The maximum absolute atomic E-state index is 12.9. The molecule has 0 bridgehead atoms. The van der Waals surface area contributed by atoms with Crippen molar-refractivity contribution in [3.8, 4) is 0 Å².